The van der Waals surface area contributed by atoms with Crippen LogP contribution in [-0.2, 0) is 0 Å². The van der Waals surface area contributed by atoms with Crippen molar-refractivity contribution in [1.29, 1.82) is 5.26 Å². The van der Waals surface area contributed by atoms with Gasteiger partial charge in [0.2, 0.25) is 0 Å². The van der Waals surface area contributed by atoms with Crippen molar-refractivity contribution in [2.24, 2.45) is 17.1 Å². The van der Waals surface area contributed by atoms with Crippen LogP contribution in [0.4, 0.5) is 5.69 Å². The van der Waals surface area contributed by atoms with Crippen molar-refractivity contribution in [3.63, 3.8) is 0 Å². The number of nitrogens with one attached hydrogen (secondary N) is 1. The lowest BCUT2D eigenvalue weighted by molar-refractivity contribution is 0.100. The Labute approximate surface area is 170 Å². The summed E-state index contributed by atoms with van der Waals surface area (Å²) in [6, 6.07) is 11.8. The molecular weight excluding hydrogens is 362 g/mol. The largest absolute Gasteiger partial charge is 0.379 e. The summed E-state index contributed by atoms with van der Waals surface area (Å²) in [5.74, 6) is 0.100. The molecule has 4 rings (SSSR count). The van der Waals surface area contributed by atoms with Gasteiger partial charge in [0, 0.05) is 17.8 Å². The van der Waals surface area contributed by atoms with E-state index in [9.17, 15) is 4.79 Å². The van der Waals surface area contributed by atoms with Crippen LogP contribution in [0.15, 0.2) is 42.7 Å². The van der Waals surface area contributed by atoms with Gasteiger partial charge < -0.3 is 11.1 Å². The number of aromatic nitrogens is 2. The van der Waals surface area contributed by atoms with E-state index in [2.05, 4.69) is 37.3 Å². The van der Waals surface area contributed by atoms with Gasteiger partial charge >= 0.3 is 0 Å². The number of rotatable bonds is 4. The monoisotopic (exact) mass is 387 g/mol. The quantitative estimate of drug-likeness (QED) is 0.701. The summed E-state index contributed by atoms with van der Waals surface area (Å²) >= 11 is 0. The van der Waals surface area contributed by atoms with Gasteiger partial charge in [0.1, 0.15) is 0 Å². The third-order valence-corrected chi connectivity index (χ3v) is 6.63. The maximum absolute atomic E-state index is 12.1. The van der Waals surface area contributed by atoms with E-state index in [1.165, 1.54) is 6.20 Å². The molecule has 0 bridgehead atoms. The molecule has 1 aliphatic rings. The Balaban J connectivity index is 1.80. The molecule has 0 aliphatic heterocycles. The Morgan fingerprint density at radius 2 is 2.00 bits per heavy atom. The SMILES string of the molecule is C[C@H]1CC[C@@H](Nc2c(C(N)=O)cnn3cc(-c4ccc(C#N)cc4)cc23)C1(C)C. The first-order valence-electron chi connectivity index (χ1n) is 9.89. The minimum Gasteiger partial charge on any atom is -0.379 e. The number of nitriles is 1. The van der Waals surface area contributed by atoms with Crippen LogP contribution >= 0.6 is 0 Å². The second kappa shape index (κ2) is 6.93. The predicted molar refractivity (Wildman–Crippen MR) is 113 cm³/mol. The minimum absolute atomic E-state index is 0.109. The van der Waals surface area contributed by atoms with E-state index in [0.29, 0.717) is 17.0 Å². The van der Waals surface area contributed by atoms with Gasteiger partial charge in [-0.25, -0.2) is 4.52 Å². The normalized spacial score (nSPS) is 20.5. The molecule has 1 fully saturated rings. The molecule has 29 heavy (non-hydrogen) atoms. The highest BCUT2D eigenvalue weighted by molar-refractivity contribution is 6.02. The van der Waals surface area contributed by atoms with Crippen molar-refractivity contribution >= 4 is 17.1 Å². The first-order chi connectivity index (χ1) is 13.8. The highest BCUT2D eigenvalue weighted by Gasteiger charge is 2.41. The minimum atomic E-state index is -0.493. The number of hydrogen-bond acceptors (Lipinski definition) is 4. The van der Waals surface area contributed by atoms with Crippen molar-refractivity contribution in [1.82, 2.24) is 9.61 Å². The Hall–Kier alpha value is -3.33. The van der Waals surface area contributed by atoms with Gasteiger partial charge in [-0.3, -0.25) is 4.79 Å². The Kier molecular flexibility index (Phi) is 4.54. The zero-order valence-corrected chi connectivity index (χ0v) is 16.9. The fraction of sp³-hybridized carbons (Fsp3) is 0.348. The molecular formula is C23H25N5O. The number of nitrogens with two attached hydrogens (primary N) is 1. The van der Waals surface area contributed by atoms with Crippen molar-refractivity contribution in [2.75, 3.05) is 5.32 Å². The van der Waals surface area contributed by atoms with Crippen molar-refractivity contribution in [2.45, 2.75) is 39.7 Å². The summed E-state index contributed by atoms with van der Waals surface area (Å²) in [7, 11) is 0. The lowest BCUT2D eigenvalue weighted by Gasteiger charge is -2.33. The maximum Gasteiger partial charge on any atom is 0.252 e. The highest BCUT2D eigenvalue weighted by Crippen LogP contribution is 2.44. The van der Waals surface area contributed by atoms with Crippen LogP contribution in [0.5, 0.6) is 0 Å². The lowest BCUT2D eigenvalue weighted by atomic mass is 9.80. The van der Waals surface area contributed by atoms with E-state index in [1.54, 1.807) is 16.6 Å². The first kappa shape index (κ1) is 19.0. The van der Waals surface area contributed by atoms with Gasteiger partial charge in [0.05, 0.1) is 34.6 Å². The van der Waals surface area contributed by atoms with Crippen molar-refractivity contribution in [3.05, 3.63) is 53.9 Å². The van der Waals surface area contributed by atoms with Gasteiger partial charge in [-0.05, 0) is 47.9 Å². The van der Waals surface area contributed by atoms with E-state index < -0.39 is 5.91 Å². The molecule has 0 saturated heterocycles. The van der Waals surface area contributed by atoms with Crippen LogP contribution in [0, 0.1) is 22.7 Å². The van der Waals surface area contributed by atoms with Gasteiger partial charge in [-0.2, -0.15) is 10.4 Å². The number of carbonyl (C=O) groups excluding carboxylic acids is 1. The molecule has 1 aromatic carbocycles. The molecule has 2 heterocycles. The molecule has 1 aliphatic carbocycles. The predicted octanol–water partition coefficient (Wildman–Crippen LogP) is 4.21. The van der Waals surface area contributed by atoms with Crippen LogP contribution in [0.3, 0.4) is 0 Å². The van der Waals surface area contributed by atoms with E-state index in [4.69, 9.17) is 11.0 Å². The average Bonchev–Trinajstić information content (AvgIpc) is 3.24. The smallest absolute Gasteiger partial charge is 0.252 e. The van der Waals surface area contributed by atoms with Gasteiger partial charge in [0.25, 0.3) is 5.91 Å². The molecule has 6 nitrogen and oxygen atoms in total. The second-order valence-electron chi connectivity index (χ2n) is 8.54. The molecule has 2 aromatic heterocycles. The number of nitrogens with zero attached hydrogens (tertiary/aromatic N) is 3. The number of anilines is 1. The van der Waals surface area contributed by atoms with Gasteiger partial charge in [-0.15, -0.1) is 0 Å². The highest BCUT2D eigenvalue weighted by atomic mass is 16.1. The van der Waals surface area contributed by atoms with Gasteiger partial charge in [-0.1, -0.05) is 32.9 Å². The molecule has 1 amide bonds. The Morgan fingerprint density at radius 1 is 1.28 bits per heavy atom. The third kappa shape index (κ3) is 3.23. The number of primary amides is 1. The molecule has 3 aromatic rings. The summed E-state index contributed by atoms with van der Waals surface area (Å²) in [4.78, 5) is 12.1. The fourth-order valence-electron chi connectivity index (χ4n) is 4.23. The number of amides is 1. The molecule has 0 spiro atoms. The zero-order valence-electron chi connectivity index (χ0n) is 16.9. The maximum atomic E-state index is 12.1. The summed E-state index contributed by atoms with van der Waals surface area (Å²) in [5, 5.41) is 17.0. The van der Waals surface area contributed by atoms with Crippen LogP contribution in [-0.4, -0.2) is 21.6 Å². The Bertz CT molecular complexity index is 1120. The van der Waals surface area contributed by atoms with Crippen LogP contribution in [0.25, 0.3) is 16.6 Å². The third-order valence-electron chi connectivity index (χ3n) is 6.63. The lowest BCUT2D eigenvalue weighted by Crippen LogP contribution is -2.35. The standard InChI is InChI=1S/C23H25N5O/c1-14-4-9-20(23(14,2)3)27-21-18(22(25)29)12-26-28-13-17(10-19(21)28)16-7-5-15(11-24)6-8-16/h5-8,10,12-14,20,27H,4,9H2,1-3H3,(H2,25,29)/t14-,20+/m0/s1. The fourth-order valence-corrected chi connectivity index (χ4v) is 4.23. The Morgan fingerprint density at radius 3 is 2.59 bits per heavy atom. The van der Waals surface area contributed by atoms with Gasteiger partial charge in [0.15, 0.2) is 0 Å². The topological polar surface area (TPSA) is 96.2 Å². The number of hydrogen-bond donors (Lipinski definition) is 2. The summed E-state index contributed by atoms with van der Waals surface area (Å²) in [6.07, 6.45) is 5.65. The molecule has 0 unspecified atom stereocenters. The van der Waals surface area contributed by atoms with Crippen molar-refractivity contribution < 1.29 is 4.79 Å². The molecule has 0 radical (unpaired) electrons. The molecule has 6 heteroatoms. The number of benzene rings is 1. The van der Waals surface area contributed by atoms with E-state index >= 15 is 0 Å². The van der Waals surface area contributed by atoms with E-state index in [-0.39, 0.29) is 11.5 Å². The van der Waals surface area contributed by atoms with E-state index in [1.807, 2.05) is 24.4 Å². The molecule has 3 N–H and O–H groups in total. The molecule has 2 atom stereocenters. The van der Waals surface area contributed by atoms with Crippen LogP contribution < -0.4 is 11.1 Å². The molecule has 1 saturated carbocycles. The molecule has 148 valence electrons. The summed E-state index contributed by atoms with van der Waals surface area (Å²) < 4.78 is 1.77. The summed E-state index contributed by atoms with van der Waals surface area (Å²) in [5.41, 5.74) is 10.3. The zero-order chi connectivity index (χ0) is 20.8. The first-order valence-corrected chi connectivity index (χ1v) is 9.89. The van der Waals surface area contributed by atoms with Crippen LogP contribution in [0.1, 0.15) is 49.5 Å². The van der Waals surface area contributed by atoms with Crippen LogP contribution in [0.2, 0.25) is 0 Å². The number of fused-ring (bicyclic) bond motifs is 1. The number of carbonyl (C=O) groups is 1. The summed E-state index contributed by atoms with van der Waals surface area (Å²) in [6.45, 7) is 6.81. The van der Waals surface area contributed by atoms with Crippen molar-refractivity contribution in [3.8, 4) is 17.2 Å². The van der Waals surface area contributed by atoms with E-state index in [0.717, 1.165) is 35.2 Å². The average molecular weight is 387 g/mol. The second-order valence-corrected chi connectivity index (χ2v) is 8.54.